The SMILES string of the molecule is O=C1Nc2ccccc2[C@]1(O)CC(=NO)c1ccc(Cl)cc1. The van der Waals surface area contributed by atoms with Gasteiger partial charge in [0.2, 0.25) is 0 Å². The van der Waals surface area contributed by atoms with Crippen LogP contribution in [-0.2, 0) is 10.4 Å². The topological polar surface area (TPSA) is 81.9 Å². The Morgan fingerprint density at radius 2 is 1.86 bits per heavy atom. The molecule has 22 heavy (non-hydrogen) atoms. The van der Waals surface area contributed by atoms with Crippen molar-refractivity contribution in [2.45, 2.75) is 12.0 Å². The van der Waals surface area contributed by atoms with E-state index in [1.165, 1.54) is 0 Å². The van der Waals surface area contributed by atoms with Crippen molar-refractivity contribution in [2.75, 3.05) is 5.32 Å². The fraction of sp³-hybridized carbons (Fsp3) is 0.125. The summed E-state index contributed by atoms with van der Waals surface area (Å²) in [6.45, 7) is 0. The summed E-state index contributed by atoms with van der Waals surface area (Å²) in [5, 5.41) is 26.5. The van der Waals surface area contributed by atoms with Crippen LogP contribution >= 0.6 is 11.6 Å². The Kier molecular flexibility index (Phi) is 3.60. The number of nitrogens with one attached hydrogen (secondary N) is 1. The van der Waals surface area contributed by atoms with Crippen LogP contribution < -0.4 is 5.32 Å². The fourth-order valence-electron chi connectivity index (χ4n) is 2.56. The van der Waals surface area contributed by atoms with Crippen molar-refractivity contribution in [1.29, 1.82) is 0 Å². The summed E-state index contributed by atoms with van der Waals surface area (Å²) in [7, 11) is 0. The summed E-state index contributed by atoms with van der Waals surface area (Å²) in [4.78, 5) is 12.2. The number of amides is 1. The number of hydrogen-bond acceptors (Lipinski definition) is 4. The predicted octanol–water partition coefficient (Wildman–Crippen LogP) is 2.75. The molecule has 0 radical (unpaired) electrons. The van der Waals surface area contributed by atoms with Crippen LogP contribution in [0.4, 0.5) is 5.69 Å². The molecule has 1 heterocycles. The summed E-state index contributed by atoms with van der Waals surface area (Å²) in [5.41, 5.74) is 0.0414. The van der Waals surface area contributed by atoms with Crippen LogP contribution in [0, 0.1) is 0 Å². The Labute approximate surface area is 131 Å². The molecule has 1 aliphatic rings. The largest absolute Gasteiger partial charge is 0.411 e. The number of para-hydroxylation sites is 1. The second-order valence-electron chi connectivity index (χ2n) is 5.09. The molecule has 1 atom stereocenters. The zero-order valence-corrected chi connectivity index (χ0v) is 12.2. The van der Waals surface area contributed by atoms with Gasteiger partial charge >= 0.3 is 0 Å². The highest BCUT2D eigenvalue weighted by Crippen LogP contribution is 2.38. The number of oxime groups is 1. The summed E-state index contributed by atoms with van der Waals surface area (Å²) in [6.07, 6.45) is -0.145. The third kappa shape index (κ3) is 2.34. The number of halogens is 1. The number of fused-ring (bicyclic) bond motifs is 1. The Bertz CT molecular complexity index is 758. The van der Waals surface area contributed by atoms with Crippen LogP contribution in [0.3, 0.4) is 0 Å². The number of rotatable bonds is 3. The number of carbonyl (C=O) groups excluding carboxylic acids is 1. The average molecular weight is 317 g/mol. The molecule has 0 aliphatic carbocycles. The van der Waals surface area contributed by atoms with E-state index >= 15 is 0 Å². The molecule has 0 unspecified atom stereocenters. The number of benzene rings is 2. The minimum atomic E-state index is -1.77. The van der Waals surface area contributed by atoms with Gasteiger partial charge in [-0.3, -0.25) is 4.79 Å². The molecule has 1 amide bonds. The second-order valence-corrected chi connectivity index (χ2v) is 5.53. The van der Waals surface area contributed by atoms with Crippen LogP contribution in [0.1, 0.15) is 17.5 Å². The quantitative estimate of drug-likeness (QED) is 0.462. The van der Waals surface area contributed by atoms with Crippen LogP contribution in [0.15, 0.2) is 53.7 Å². The molecule has 0 spiro atoms. The van der Waals surface area contributed by atoms with E-state index in [2.05, 4.69) is 10.5 Å². The Balaban J connectivity index is 1.97. The first-order valence-electron chi connectivity index (χ1n) is 6.65. The number of anilines is 1. The fourth-order valence-corrected chi connectivity index (χ4v) is 2.68. The smallest absolute Gasteiger partial charge is 0.261 e. The Morgan fingerprint density at radius 1 is 1.18 bits per heavy atom. The van der Waals surface area contributed by atoms with Crippen molar-refractivity contribution >= 4 is 28.9 Å². The van der Waals surface area contributed by atoms with E-state index in [1.807, 2.05) is 0 Å². The second kappa shape index (κ2) is 5.44. The van der Waals surface area contributed by atoms with Crippen LogP contribution in [0.25, 0.3) is 0 Å². The number of carbonyl (C=O) groups is 1. The lowest BCUT2D eigenvalue weighted by atomic mass is 9.88. The highest BCUT2D eigenvalue weighted by Gasteiger charge is 2.46. The summed E-state index contributed by atoms with van der Waals surface area (Å²) >= 11 is 5.83. The van der Waals surface area contributed by atoms with Crippen molar-refractivity contribution in [3.63, 3.8) is 0 Å². The van der Waals surface area contributed by atoms with E-state index in [4.69, 9.17) is 11.6 Å². The normalized spacial score (nSPS) is 20.6. The standard InChI is InChI=1S/C16H13ClN2O3/c17-11-7-5-10(6-8-11)14(19-22)9-16(21)12-3-1-2-4-13(12)18-15(16)20/h1-8,21-22H,9H2,(H,18,20)/t16-/m1/s1. The molecule has 3 N–H and O–H groups in total. The molecular formula is C16H13ClN2O3. The summed E-state index contributed by atoms with van der Waals surface area (Å²) < 4.78 is 0. The van der Waals surface area contributed by atoms with Crippen LogP contribution in [0.5, 0.6) is 0 Å². The van der Waals surface area contributed by atoms with Crippen molar-refractivity contribution in [2.24, 2.45) is 5.16 Å². The van der Waals surface area contributed by atoms with Crippen molar-refractivity contribution < 1.29 is 15.1 Å². The predicted molar refractivity (Wildman–Crippen MR) is 83.4 cm³/mol. The lowest BCUT2D eigenvalue weighted by Crippen LogP contribution is -2.36. The first kappa shape index (κ1) is 14.6. The van der Waals surface area contributed by atoms with Gasteiger partial charge in [0, 0.05) is 22.7 Å². The zero-order valence-electron chi connectivity index (χ0n) is 11.5. The van der Waals surface area contributed by atoms with Gasteiger partial charge in [0.25, 0.3) is 5.91 Å². The van der Waals surface area contributed by atoms with Gasteiger partial charge in [0.05, 0.1) is 5.71 Å². The van der Waals surface area contributed by atoms with E-state index in [0.29, 0.717) is 21.8 Å². The maximum Gasteiger partial charge on any atom is 0.261 e. The van der Waals surface area contributed by atoms with E-state index in [-0.39, 0.29) is 12.1 Å². The minimum Gasteiger partial charge on any atom is -0.411 e. The lowest BCUT2D eigenvalue weighted by Gasteiger charge is -2.21. The molecule has 112 valence electrons. The third-order valence-electron chi connectivity index (χ3n) is 3.72. The zero-order chi connectivity index (χ0) is 15.7. The molecule has 0 aromatic heterocycles. The Hall–Kier alpha value is -2.37. The van der Waals surface area contributed by atoms with E-state index < -0.39 is 11.5 Å². The van der Waals surface area contributed by atoms with Gasteiger partial charge in [-0.25, -0.2) is 0 Å². The van der Waals surface area contributed by atoms with Gasteiger partial charge in [-0.05, 0) is 23.8 Å². The Morgan fingerprint density at radius 3 is 2.55 bits per heavy atom. The van der Waals surface area contributed by atoms with Gasteiger partial charge in [-0.15, -0.1) is 0 Å². The minimum absolute atomic E-state index is 0.145. The van der Waals surface area contributed by atoms with Gasteiger partial charge in [0.15, 0.2) is 5.60 Å². The number of aliphatic hydroxyl groups is 1. The van der Waals surface area contributed by atoms with E-state index in [9.17, 15) is 15.1 Å². The van der Waals surface area contributed by atoms with E-state index in [1.54, 1.807) is 48.5 Å². The molecule has 1 aliphatic heterocycles. The average Bonchev–Trinajstić information content (AvgIpc) is 2.78. The molecule has 0 bridgehead atoms. The van der Waals surface area contributed by atoms with Gasteiger partial charge in [-0.1, -0.05) is 47.1 Å². The van der Waals surface area contributed by atoms with Crippen molar-refractivity contribution in [3.05, 3.63) is 64.7 Å². The number of hydrogen-bond donors (Lipinski definition) is 3. The maximum atomic E-state index is 12.2. The highest BCUT2D eigenvalue weighted by atomic mass is 35.5. The number of nitrogens with zero attached hydrogens (tertiary/aromatic N) is 1. The summed E-state index contributed by atoms with van der Waals surface area (Å²) in [5.74, 6) is -0.538. The highest BCUT2D eigenvalue weighted by molar-refractivity contribution is 6.30. The van der Waals surface area contributed by atoms with Gasteiger partial charge < -0.3 is 15.6 Å². The molecule has 3 rings (SSSR count). The van der Waals surface area contributed by atoms with Gasteiger partial charge in [-0.2, -0.15) is 0 Å². The van der Waals surface area contributed by atoms with Crippen LogP contribution in [-0.4, -0.2) is 21.9 Å². The van der Waals surface area contributed by atoms with Crippen molar-refractivity contribution in [3.8, 4) is 0 Å². The molecular weight excluding hydrogens is 304 g/mol. The van der Waals surface area contributed by atoms with Crippen LogP contribution in [0.2, 0.25) is 5.02 Å². The first-order valence-corrected chi connectivity index (χ1v) is 7.02. The monoisotopic (exact) mass is 316 g/mol. The first-order chi connectivity index (χ1) is 10.5. The molecule has 6 heteroatoms. The molecule has 2 aromatic rings. The third-order valence-corrected chi connectivity index (χ3v) is 3.97. The van der Waals surface area contributed by atoms with E-state index in [0.717, 1.165) is 0 Å². The molecule has 0 saturated carbocycles. The lowest BCUT2D eigenvalue weighted by molar-refractivity contribution is -0.132. The molecule has 2 aromatic carbocycles. The molecule has 0 fully saturated rings. The van der Waals surface area contributed by atoms with Crippen molar-refractivity contribution in [1.82, 2.24) is 0 Å². The molecule has 5 nitrogen and oxygen atoms in total. The molecule has 0 saturated heterocycles. The summed E-state index contributed by atoms with van der Waals surface area (Å²) in [6, 6.07) is 13.5. The van der Waals surface area contributed by atoms with Gasteiger partial charge in [0.1, 0.15) is 0 Å². The maximum absolute atomic E-state index is 12.2.